The summed E-state index contributed by atoms with van der Waals surface area (Å²) in [5.74, 6) is -0.0919. The maximum atomic E-state index is 12.3. The minimum atomic E-state index is -0.132. The van der Waals surface area contributed by atoms with E-state index in [9.17, 15) is 4.79 Å². The molecule has 20 heavy (non-hydrogen) atoms. The van der Waals surface area contributed by atoms with Crippen LogP contribution in [0.15, 0.2) is 28.7 Å². The molecule has 2 unspecified atom stereocenters. The van der Waals surface area contributed by atoms with E-state index in [1.54, 1.807) is 0 Å². The Hall–Kier alpha value is -0.870. The van der Waals surface area contributed by atoms with Gasteiger partial charge in [0, 0.05) is 11.0 Å². The van der Waals surface area contributed by atoms with Gasteiger partial charge in [-0.3, -0.25) is 4.79 Å². The molecule has 1 aromatic carbocycles. The van der Waals surface area contributed by atoms with Crippen LogP contribution in [0.2, 0.25) is 0 Å². The molecule has 0 aromatic heterocycles. The van der Waals surface area contributed by atoms with Gasteiger partial charge in [0.2, 0.25) is 5.91 Å². The predicted octanol–water partition coefficient (Wildman–Crippen LogP) is 3.64. The molecule has 2 atom stereocenters. The van der Waals surface area contributed by atoms with E-state index in [0.717, 1.165) is 16.5 Å². The third kappa shape index (κ3) is 5.63. The zero-order valence-electron chi connectivity index (χ0n) is 12.7. The summed E-state index contributed by atoms with van der Waals surface area (Å²) in [5.41, 5.74) is 6.94. The van der Waals surface area contributed by atoms with Crippen molar-refractivity contribution >= 4 is 21.8 Å². The summed E-state index contributed by atoms with van der Waals surface area (Å²) in [6.45, 7) is 8.76. The number of hydrogen-bond donors (Lipinski definition) is 2. The van der Waals surface area contributed by atoms with E-state index in [-0.39, 0.29) is 23.3 Å². The standard InChI is InChI=1S/C16H25BrN2O/c1-11(12-5-7-14(17)8-6-12)19-15(20)13(10-18)9-16(2,3)4/h5-8,11,13H,9-10,18H2,1-4H3,(H,19,20). The fraction of sp³-hybridized carbons (Fsp3) is 0.562. The van der Waals surface area contributed by atoms with Gasteiger partial charge in [0.05, 0.1) is 12.0 Å². The number of amides is 1. The van der Waals surface area contributed by atoms with Crippen molar-refractivity contribution in [2.24, 2.45) is 17.1 Å². The van der Waals surface area contributed by atoms with Gasteiger partial charge in [-0.1, -0.05) is 48.8 Å². The highest BCUT2D eigenvalue weighted by Gasteiger charge is 2.24. The first kappa shape index (κ1) is 17.2. The quantitative estimate of drug-likeness (QED) is 0.859. The fourth-order valence-electron chi connectivity index (χ4n) is 2.19. The molecule has 3 N–H and O–H groups in total. The summed E-state index contributed by atoms with van der Waals surface area (Å²) in [6, 6.07) is 7.97. The van der Waals surface area contributed by atoms with Crippen molar-refractivity contribution in [1.29, 1.82) is 0 Å². The number of halogens is 1. The molecule has 0 aliphatic rings. The molecule has 0 fully saturated rings. The second-order valence-corrected chi connectivity index (χ2v) is 7.39. The van der Waals surface area contributed by atoms with Crippen LogP contribution in [0.25, 0.3) is 0 Å². The predicted molar refractivity (Wildman–Crippen MR) is 87.3 cm³/mol. The summed E-state index contributed by atoms with van der Waals surface area (Å²) in [4.78, 5) is 12.3. The fourth-order valence-corrected chi connectivity index (χ4v) is 2.45. The van der Waals surface area contributed by atoms with Gasteiger partial charge >= 0.3 is 0 Å². The van der Waals surface area contributed by atoms with Crippen LogP contribution < -0.4 is 11.1 Å². The maximum absolute atomic E-state index is 12.3. The lowest BCUT2D eigenvalue weighted by Crippen LogP contribution is -2.38. The Balaban J connectivity index is 2.66. The first-order chi connectivity index (χ1) is 9.23. The molecule has 0 saturated heterocycles. The van der Waals surface area contributed by atoms with Crippen LogP contribution in [0, 0.1) is 11.3 Å². The molecule has 1 aromatic rings. The highest BCUT2D eigenvalue weighted by Crippen LogP contribution is 2.25. The maximum Gasteiger partial charge on any atom is 0.224 e. The molecular weight excluding hydrogens is 316 g/mol. The molecular formula is C16H25BrN2O. The van der Waals surface area contributed by atoms with Crippen molar-refractivity contribution in [1.82, 2.24) is 5.32 Å². The molecule has 0 saturated carbocycles. The molecule has 0 bridgehead atoms. The van der Waals surface area contributed by atoms with Crippen LogP contribution in [-0.4, -0.2) is 12.5 Å². The number of nitrogens with two attached hydrogens (primary N) is 1. The number of nitrogens with one attached hydrogen (secondary N) is 1. The summed E-state index contributed by atoms with van der Waals surface area (Å²) < 4.78 is 1.03. The molecule has 112 valence electrons. The van der Waals surface area contributed by atoms with Crippen molar-refractivity contribution in [3.63, 3.8) is 0 Å². The molecule has 3 nitrogen and oxygen atoms in total. The number of benzene rings is 1. The van der Waals surface area contributed by atoms with Crippen LogP contribution in [0.3, 0.4) is 0 Å². The molecule has 0 aliphatic carbocycles. The van der Waals surface area contributed by atoms with Gasteiger partial charge in [0.1, 0.15) is 0 Å². The van der Waals surface area contributed by atoms with E-state index in [1.165, 1.54) is 0 Å². The van der Waals surface area contributed by atoms with Crippen LogP contribution in [0.1, 0.15) is 45.7 Å². The number of rotatable bonds is 5. The largest absolute Gasteiger partial charge is 0.349 e. The molecule has 1 amide bonds. The van der Waals surface area contributed by atoms with Crippen LogP contribution >= 0.6 is 15.9 Å². The highest BCUT2D eigenvalue weighted by molar-refractivity contribution is 9.10. The van der Waals surface area contributed by atoms with Gasteiger partial charge in [-0.2, -0.15) is 0 Å². The van der Waals surface area contributed by atoms with Crippen molar-refractivity contribution < 1.29 is 4.79 Å². The molecule has 0 radical (unpaired) electrons. The molecule has 0 spiro atoms. The molecule has 1 rings (SSSR count). The van der Waals surface area contributed by atoms with Crippen molar-refractivity contribution in [2.45, 2.75) is 40.2 Å². The van der Waals surface area contributed by atoms with Crippen LogP contribution in [0.4, 0.5) is 0 Å². The van der Waals surface area contributed by atoms with Gasteiger partial charge in [-0.05, 0) is 36.5 Å². The summed E-state index contributed by atoms with van der Waals surface area (Å²) >= 11 is 3.41. The van der Waals surface area contributed by atoms with Crippen molar-refractivity contribution in [3.8, 4) is 0 Å². The number of hydrogen-bond acceptors (Lipinski definition) is 2. The Morgan fingerprint density at radius 1 is 1.30 bits per heavy atom. The summed E-state index contributed by atoms with van der Waals surface area (Å²) in [5, 5.41) is 3.05. The van der Waals surface area contributed by atoms with E-state index in [2.05, 4.69) is 42.0 Å². The van der Waals surface area contributed by atoms with Gasteiger partial charge in [0.25, 0.3) is 0 Å². The van der Waals surface area contributed by atoms with E-state index in [0.29, 0.717) is 6.54 Å². The van der Waals surface area contributed by atoms with E-state index in [1.807, 2.05) is 31.2 Å². The van der Waals surface area contributed by atoms with Gasteiger partial charge in [0.15, 0.2) is 0 Å². The minimum absolute atomic E-state index is 0.00961. The van der Waals surface area contributed by atoms with E-state index >= 15 is 0 Å². The smallest absolute Gasteiger partial charge is 0.224 e. The lowest BCUT2D eigenvalue weighted by atomic mass is 9.84. The topological polar surface area (TPSA) is 55.1 Å². The van der Waals surface area contributed by atoms with Gasteiger partial charge < -0.3 is 11.1 Å². The van der Waals surface area contributed by atoms with Gasteiger partial charge in [-0.15, -0.1) is 0 Å². The SMILES string of the molecule is CC(NC(=O)C(CN)CC(C)(C)C)c1ccc(Br)cc1. The first-order valence-corrected chi connectivity index (χ1v) is 7.78. The lowest BCUT2D eigenvalue weighted by Gasteiger charge is -2.26. The molecule has 4 heteroatoms. The molecule has 0 aliphatic heterocycles. The van der Waals surface area contributed by atoms with Crippen LogP contribution in [0.5, 0.6) is 0 Å². The van der Waals surface area contributed by atoms with Crippen molar-refractivity contribution in [2.75, 3.05) is 6.54 Å². The average Bonchev–Trinajstić information content (AvgIpc) is 2.35. The number of carbonyl (C=O) groups excluding carboxylic acids is 1. The zero-order valence-corrected chi connectivity index (χ0v) is 14.3. The Kier molecular flexibility index (Phi) is 6.21. The normalized spacial score (nSPS) is 14.7. The zero-order chi connectivity index (χ0) is 15.3. The Labute approximate surface area is 130 Å². The second-order valence-electron chi connectivity index (χ2n) is 6.48. The number of carbonyl (C=O) groups is 1. The van der Waals surface area contributed by atoms with Crippen molar-refractivity contribution in [3.05, 3.63) is 34.3 Å². The Morgan fingerprint density at radius 3 is 2.30 bits per heavy atom. The summed E-state index contributed by atoms with van der Waals surface area (Å²) in [6.07, 6.45) is 0.794. The Morgan fingerprint density at radius 2 is 1.85 bits per heavy atom. The average molecular weight is 341 g/mol. The first-order valence-electron chi connectivity index (χ1n) is 6.99. The highest BCUT2D eigenvalue weighted by atomic mass is 79.9. The monoisotopic (exact) mass is 340 g/mol. The van der Waals surface area contributed by atoms with E-state index in [4.69, 9.17) is 5.73 Å². The van der Waals surface area contributed by atoms with Gasteiger partial charge in [-0.25, -0.2) is 0 Å². The summed E-state index contributed by atoms with van der Waals surface area (Å²) in [7, 11) is 0. The molecule has 0 heterocycles. The third-order valence-electron chi connectivity index (χ3n) is 3.24. The van der Waals surface area contributed by atoms with Crippen LogP contribution in [-0.2, 0) is 4.79 Å². The second kappa shape index (κ2) is 7.23. The Bertz CT molecular complexity index is 437. The minimum Gasteiger partial charge on any atom is -0.349 e. The third-order valence-corrected chi connectivity index (χ3v) is 3.77. The van der Waals surface area contributed by atoms with E-state index < -0.39 is 0 Å². The lowest BCUT2D eigenvalue weighted by molar-refractivity contribution is -0.126.